The summed E-state index contributed by atoms with van der Waals surface area (Å²) in [5.41, 5.74) is -0.0714. The zero-order chi connectivity index (χ0) is 11.9. The van der Waals surface area contributed by atoms with Crippen molar-refractivity contribution >= 4 is 24.4 Å². The Balaban J connectivity index is 2.69. The molecular formula is C8H8N4O3S. The van der Waals surface area contributed by atoms with Crippen LogP contribution in [0.2, 0.25) is 0 Å². The van der Waals surface area contributed by atoms with Gasteiger partial charge in [-0.25, -0.2) is 9.78 Å². The van der Waals surface area contributed by atoms with Crippen LogP contribution in [0.4, 0.5) is 0 Å². The van der Waals surface area contributed by atoms with Gasteiger partial charge >= 0.3 is 5.97 Å². The smallest absolute Gasteiger partial charge is 0.340 e. The lowest BCUT2D eigenvalue weighted by molar-refractivity contribution is 0.0691. The first-order valence-electron chi connectivity index (χ1n) is 4.36. The van der Waals surface area contributed by atoms with Crippen molar-refractivity contribution in [2.45, 2.75) is 18.1 Å². The molecule has 0 aliphatic heterocycles. The summed E-state index contributed by atoms with van der Waals surface area (Å²) in [4.78, 5) is 18.5. The molecular weight excluding hydrogens is 232 g/mol. The van der Waals surface area contributed by atoms with Crippen molar-refractivity contribution in [2.75, 3.05) is 0 Å². The summed E-state index contributed by atoms with van der Waals surface area (Å²) in [6.07, 6.45) is 0.309. The lowest BCUT2D eigenvalue weighted by Crippen LogP contribution is -2.05. The van der Waals surface area contributed by atoms with Gasteiger partial charge in [-0.3, -0.25) is 0 Å². The summed E-state index contributed by atoms with van der Waals surface area (Å²) >= 11 is 4.04. The number of thiol groups is 1. The van der Waals surface area contributed by atoms with Gasteiger partial charge in [0.05, 0.1) is 0 Å². The molecule has 0 amide bonds. The van der Waals surface area contributed by atoms with E-state index in [-0.39, 0.29) is 22.2 Å². The van der Waals surface area contributed by atoms with E-state index in [9.17, 15) is 9.90 Å². The molecule has 16 heavy (non-hydrogen) atoms. The van der Waals surface area contributed by atoms with Crippen molar-refractivity contribution in [3.63, 3.8) is 0 Å². The molecule has 2 aromatic heterocycles. The Morgan fingerprint density at radius 1 is 1.62 bits per heavy atom. The maximum absolute atomic E-state index is 10.8. The van der Waals surface area contributed by atoms with Crippen molar-refractivity contribution in [3.05, 3.63) is 17.6 Å². The van der Waals surface area contributed by atoms with E-state index in [0.717, 1.165) is 6.20 Å². The van der Waals surface area contributed by atoms with Crippen LogP contribution in [0, 0.1) is 0 Å². The fourth-order valence-electron chi connectivity index (χ4n) is 1.17. The Hall–Kier alpha value is -1.67. The first kappa shape index (κ1) is 10.8. The number of carboxylic acids is 1. The average Bonchev–Trinajstić information content (AvgIpc) is 2.62. The van der Waals surface area contributed by atoms with Gasteiger partial charge in [0.15, 0.2) is 5.82 Å². The third-order valence-corrected chi connectivity index (χ3v) is 2.39. The Labute approximate surface area is 95.2 Å². The predicted molar refractivity (Wildman–Crippen MR) is 55.6 cm³/mol. The first-order valence-corrected chi connectivity index (χ1v) is 4.81. The van der Waals surface area contributed by atoms with Gasteiger partial charge in [-0.15, -0.1) is 17.7 Å². The highest BCUT2D eigenvalue weighted by Gasteiger charge is 2.16. The third kappa shape index (κ3) is 1.61. The number of aliphatic hydroxyl groups excluding tert-OH is 1. The van der Waals surface area contributed by atoms with Crippen LogP contribution in [0.15, 0.2) is 11.2 Å². The second kappa shape index (κ2) is 3.72. The van der Waals surface area contributed by atoms with Gasteiger partial charge in [-0.05, 0) is 6.92 Å². The van der Waals surface area contributed by atoms with Crippen LogP contribution in [-0.2, 0) is 0 Å². The molecule has 2 rings (SSSR count). The average molecular weight is 240 g/mol. The van der Waals surface area contributed by atoms with Crippen LogP contribution in [-0.4, -0.2) is 35.8 Å². The lowest BCUT2D eigenvalue weighted by atomic mass is 10.3. The number of aliphatic hydroxyl groups is 1. The number of aromatic nitrogens is 4. The van der Waals surface area contributed by atoms with Crippen molar-refractivity contribution in [3.8, 4) is 0 Å². The molecule has 2 aromatic rings. The van der Waals surface area contributed by atoms with Crippen LogP contribution >= 0.6 is 12.6 Å². The number of carboxylic acid groups (broad SMARTS) is 1. The molecule has 2 N–H and O–H groups in total. The molecule has 2 heterocycles. The number of hydrogen-bond donors (Lipinski definition) is 3. The van der Waals surface area contributed by atoms with Crippen LogP contribution in [0.1, 0.15) is 29.2 Å². The minimum Gasteiger partial charge on any atom is -0.478 e. The number of aromatic carboxylic acids is 1. The maximum Gasteiger partial charge on any atom is 0.340 e. The molecule has 0 radical (unpaired) electrons. The topological polar surface area (TPSA) is 101 Å². The van der Waals surface area contributed by atoms with Crippen molar-refractivity contribution in [1.82, 2.24) is 19.6 Å². The van der Waals surface area contributed by atoms with E-state index in [1.807, 2.05) is 0 Å². The van der Waals surface area contributed by atoms with E-state index < -0.39 is 12.1 Å². The zero-order valence-corrected chi connectivity index (χ0v) is 9.09. The normalized spacial score (nSPS) is 12.9. The molecule has 0 aliphatic rings. The Morgan fingerprint density at radius 2 is 2.31 bits per heavy atom. The van der Waals surface area contributed by atoms with E-state index in [1.54, 1.807) is 0 Å². The summed E-state index contributed by atoms with van der Waals surface area (Å²) < 4.78 is 1.18. The highest BCUT2D eigenvalue weighted by atomic mass is 32.1. The Kier molecular flexibility index (Phi) is 2.52. The van der Waals surface area contributed by atoms with E-state index in [1.165, 1.54) is 11.4 Å². The largest absolute Gasteiger partial charge is 0.478 e. The molecule has 0 spiro atoms. The van der Waals surface area contributed by atoms with E-state index in [2.05, 4.69) is 27.7 Å². The quantitative estimate of drug-likeness (QED) is 0.511. The number of carbonyl (C=O) groups is 1. The van der Waals surface area contributed by atoms with Crippen molar-refractivity contribution in [2.24, 2.45) is 0 Å². The molecule has 0 aliphatic carbocycles. The molecule has 1 atom stereocenters. The van der Waals surface area contributed by atoms with Crippen LogP contribution in [0.3, 0.4) is 0 Å². The van der Waals surface area contributed by atoms with Gasteiger partial charge < -0.3 is 10.2 Å². The number of hydrogen-bond acceptors (Lipinski definition) is 6. The Bertz CT molecular complexity index is 566. The monoisotopic (exact) mass is 240 g/mol. The van der Waals surface area contributed by atoms with Gasteiger partial charge in [0.25, 0.3) is 5.78 Å². The standard InChI is InChI=1S/C8H8N4O3S/c1-3(13)5-10-8-9-2-4(7(14)15)6(16)12(8)11-5/h2-3,13,16H,1H3,(H,14,15). The van der Waals surface area contributed by atoms with E-state index in [0.29, 0.717) is 0 Å². The lowest BCUT2D eigenvalue weighted by Gasteiger charge is -1.99. The molecule has 0 bridgehead atoms. The minimum atomic E-state index is -1.14. The SMILES string of the molecule is CC(O)c1nc2ncc(C(=O)O)c(S)n2n1. The molecule has 0 saturated carbocycles. The fourth-order valence-corrected chi connectivity index (χ4v) is 1.45. The summed E-state index contributed by atoms with van der Waals surface area (Å²) in [6.45, 7) is 1.51. The van der Waals surface area contributed by atoms with Gasteiger partial charge in [0.2, 0.25) is 0 Å². The molecule has 7 nitrogen and oxygen atoms in total. The molecule has 0 aromatic carbocycles. The van der Waals surface area contributed by atoms with Crippen molar-refractivity contribution in [1.29, 1.82) is 0 Å². The predicted octanol–water partition coefficient (Wildman–Crippen LogP) is 0.164. The fraction of sp³-hybridized carbons (Fsp3) is 0.250. The van der Waals surface area contributed by atoms with E-state index in [4.69, 9.17) is 5.11 Å². The molecule has 0 saturated heterocycles. The third-order valence-electron chi connectivity index (χ3n) is 1.96. The molecule has 0 fully saturated rings. The van der Waals surface area contributed by atoms with Crippen LogP contribution < -0.4 is 0 Å². The molecule has 1 unspecified atom stereocenters. The highest BCUT2D eigenvalue weighted by molar-refractivity contribution is 7.80. The maximum atomic E-state index is 10.8. The number of fused-ring (bicyclic) bond motifs is 1. The second-order valence-electron chi connectivity index (χ2n) is 3.16. The summed E-state index contributed by atoms with van der Waals surface area (Å²) in [6, 6.07) is 0. The minimum absolute atomic E-state index is 0.0714. The number of nitrogens with zero attached hydrogens (tertiary/aromatic N) is 4. The zero-order valence-electron chi connectivity index (χ0n) is 8.19. The van der Waals surface area contributed by atoms with Gasteiger partial charge in [-0.2, -0.15) is 9.50 Å². The summed E-state index contributed by atoms with van der Waals surface area (Å²) in [5, 5.41) is 22.2. The van der Waals surface area contributed by atoms with Gasteiger partial charge in [0, 0.05) is 6.20 Å². The summed E-state index contributed by atoms with van der Waals surface area (Å²) in [5.74, 6) is -0.773. The first-order chi connectivity index (χ1) is 7.50. The van der Waals surface area contributed by atoms with E-state index >= 15 is 0 Å². The van der Waals surface area contributed by atoms with Crippen LogP contribution in [0.5, 0.6) is 0 Å². The van der Waals surface area contributed by atoms with Crippen molar-refractivity contribution < 1.29 is 15.0 Å². The second-order valence-corrected chi connectivity index (χ2v) is 3.58. The number of rotatable bonds is 2. The summed E-state index contributed by atoms with van der Waals surface area (Å²) in [7, 11) is 0. The molecule has 8 heteroatoms. The Morgan fingerprint density at radius 3 is 2.88 bits per heavy atom. The highest BCUT2D eigenvalue weighted by Crippen LogP contribution is 2.15. The molecule has 84 valence electrons. The van der Waals surface area contributed by atoms with Gasteiger partial charge in [-0.1, -0.05) is 0 Å². The van der Waals surface area contributed by atoms with Crippen LogP contribution in [0.25, 0.3) is 5.78 Å². The van der Waals surface area contributed by atoms with Gasteiger partial charge in [0.1, 0.15) is 16.7 Å².